The molecule has 5 nitrogen and oxygen atoms in total. The number of benzene rings is 1. The number of amides is 3. The van der Waals surface area contributed by atoms with E-state index >= 15 is 0 Å². The molecule has 2 aliphatic heterocycles. The fourth-order valence-electron chi connectivity index (χ4n) is 2.80. The summed E-state index contributed by atoms with van der Waals surface area (Å²) in [6.07, 6.45) is 3.91. The molecule has 0 N–H and O–H groups in total. The van der Waals surface area contributed by atoms with Crippen molar-refractivity contribution in [2.75, 3.05) is 19.8 Å². The van der Waals surface area contributed by atoms with Gasteiger partial charge in [0.25, 0.3) is 5.91 Å². The number of urea groups is 1. The molecule has 0 unspecified atom stereocenters. The van der Waals surface area contributed by atoms with Gasteiger partial charge >= 0.3 is 6.03 Å². The summed E-state index contributed by atoms with van der Waals surface area (Å²) in [6.45, 7) is 2.27. The van der Waals surface area contributed by atoms with Crippen molar-refractivity contribution in [1.82, 2.24) is 9.80 Å². The van der Waals surface area contributed by atoms with Crippen LogP contribution in [0.3, 0.4) is 0 Å². The maximum absolute atomic E-state index is 12.3. The highest BCUT2D eigenvalue weighted by molar-refractivity contribution is 6.46. The first-order chi connectivity index (χ1) is 10.2. The molecule has 0 atom stereocenters. The Morgan fingerprint density at radius 2 is 1.71 bits per heavy atom. The summed E-state index contributed by atoms with van der Waals surface area (Å²) >= 11 is 0. The van der Waals surface area contributed by atoms with E-state index in [-0.39, 0.29) is 5.91 Å². The van der Waals surface area contributed by atoms with Crippen LogP contribution in [0.15, 0.2) is 35.3 Å². The van der Waals surface area contributed by atoms with E-state index < -0.39 is 6.03 Å². The molecule has 0 radical (unpaired) electrons. The summed E-state index contributed by atoms with van der Waals surface area (Å²) in [6, 6.07) is 9.22. The maximum Gasteiger partial charge on any atom is 0.352 e. The molecule has 3 amide bonds. The zero-order valence-electron chi connectivity index (χ0n) is 12.0. The number of carbonyl (C=O) groups is 2. The monoisotopic (exact) mass is 285 g/mol. The highest BCUT2D eigenvalue weighted by atomic mass is 16.2. The highest BCUT2D eigenvalue weighted by Crippen LogP contribution is 2.15. The van der Waals surface area contributed by atoms with E-state index in [4.69, 9.17) is 0 Å². The predicted molar refractivity (Wildman–Crippen MR) is 80.1 cm³/mol. The Bertz CT molecular complexity index is 562. The highest BCUT2D eigenvalue weighted by Gasteiger charge is 2.34. The van der Waals surface area contributed by atoms with Crippen LogP contribution >= 0.6 is 0 Å². The van der Waals surface area contributed by atoms with Gasteiger partial charge < -0.3 is 0 Å². The van der Waals surface area contributed by atoms with Gasteiger partial charge in [-0.2, -0.15) is 4.99 Å². The average Bonchev–Trinajstić information content (AvgIpc) is 2.77. The molecule has 3 rings (SSSR count). The van der Waals surface area contributed by atoms with Crippen LogP contribution in [0.25, 0.3) is 0 Å². The minimum atomic E-state index is -0.420. The standard InChI is InChI=1S/C16H19N3O2/c20-15-14(11-13-7-3-1-4-8-13)17-16(21)19(15)12-18-9-5-2-6-10-18/h1,3-4,7-8H,2,5-6,9-12H2. The van der Waals surface area contributed by atoms with Gasteiger partial charge in [0.1, 0.15) is 5.71 Å². The van der Waals surface area contributed by atoms with Crippen LogP contribution in [-0.2, 0) is 11.2 Å². The molecule has 1 aromatic rings. The third-order valence-electron chi connectivity index (χ3n) is 3.96. The SMILES string of the molecule is O=C1N=C(Cc2ccccc2)C(=O)N1CN1CCCCC1. The number of carbonyl (C=O) groups excluding carboxylic acids is 2. The minimum absolute atomic E-state index is 0.241. The lowest BCUT2D eigenvalue weighted by atomic mass is 10.1. The Morgan fingerprint density at radius 3 is 2.43 bits per heavy atom. The number of likely N-dealkylation sites (tertiary alicyclic amines) is 1. The summed E-state index contributed by atoms with van der Waals surface area (Å²) in [4.78, 5) is 31.7. The molecule has 5 heteroatoms. The fraction of sp³-hybridized carbons (Fsp3) is 0.438. The lowest BCUT2D eigenvalue weighted by Gasteiger charge is -2.29. The van der Waals surface area contributed by atoms with Gasteiger partial charge in [0.2, 0.25) is 0 Å². The molecule has 21 heavy (non-hydrogen) atoms. The Hall–Kier alpha value is -2.01. The molecule has 0 aromatic heterocycles. The quantitative estimate of drug-likeness (QED) is 0.851. The predicted octanol–water partition coefficient (Wildman–Crippen LogP) is 2.08. The maximum atomic E-state index is 12.3. The molecule has 0 aliphatic carbocycles. The molecule has 0 bridgehead atoms. The lowest BCUT2D eigenvalue weighted by Crippen LogP contribution is -2.44. The molecule has 0 spiro atoms. The van der Waals surface area contributed by atoms with E-state index in [0.717, 1.165) is 31.5 Å². The van der Waals surface area contributed by atoms with Crippen molar-refractivity contribution in [1.29, 1.82) is 0 Å². The van der Waals surface area contributed by atoms with Gasteiger partial charge in [-0.3, -0.25) is 9.69 Å². The zero-order valence-corrected chi connectivity index (χ0v) is 12.0. The van der Waals surface area contributed by atoms with Gasteiger partial charge in [-0.1, -0.05) is 36.8 Å². The second-order valence-corrected chi connectivity index (χ2v) is 5.56. The van der Waals surface area contributed by atoms with Crippen LogP contribution in [0.5, 0.6) is 0 Å². The van der Waals surface area contributed by atoms with Gasteiger partial charge in [-0.25, -0.2) is 9.69 Å². The van der Waals surface area contributed by atoms with Crippen LogP contribution in [0, 0.1) is 0 Å². The first-order valence-corrected chi connectivity index (χ1v) is 7.44. The second-order valence-electron chi connectivity index (χ2n) is 5.56. The zero-order chi connectivity index (χ0) is 14.7. The fourth-order valence-corrected chi connectivity index (χ4v) is 2.80. The van der Waals surface area contributed by atoms with E-state index in [2.05, 4.69) is 9.89 Å². The third kappa shape index (κ3) is 3.19. The molecule has 2 aliphatic rings. The molecule has 1 fully saturated rings. The van der Waals surface area contributed by atoms with E-state index in [1.165, 1.54) is 11.3 Å². The van der Waals surface area contributed by atoms with Crippen LogP contribution in [0.4, 0.5) is 4.79 Å². The topological polar surface area (TPSA) is 53.0 Å². The summed E-state index contributed by atoms with van der Waals surface area (Å²) < 4.78 is 0. The Labute approximate surface area is 124 Å². The van der Waals surface area contributed by atoms with Gasteiger partial charge in [0, 0.05) is 6.42 Å². The normalized spacial score (nSPS) is 20.0. The first kappa shape index (κ1) is 13.9. The van der Waals surface area contributed by atoms with E-state index in [1.807, 2.05) is 30.3 Å². The third-order valence-corrected chi connectivity index (χ3v) is 3.96. The smallest absolute Gasteiger partial charge is 0.286 e. The molecular weight excluding hydrogens is 266 g/mol. The molecule has 0 saturated carbocycles. The largest absolute Gasteiger partial charge is 0.352 e. The van der Waals surface area contributed by atoms with Crippen LogP contribution in [-0.4, -0.2) is 47.2 Å². The summed E-state index contributed by atoms with van der Waals surface area (Å²) in [5.74, 6) is -0.241. The number of hydrogen-bond acceptors (Lipinski definition) is 3. The molecule has 2 heterocycles. The van der Waals surface area contributed by atoms with Crippen molar-refractivity contribution in [3.63, 3.8) is 0 Å². The number of aliphatic imine (C=N–C) groups is 1. The summed E-state index contributed by atoms with van der Waals surface area (Å²) in [5, 5.41) is 0. The second kappa shape index (κ2) is 6.18. The van der Waals surface area contributed by atoms with Gasteiger partial charge in [0.05, 0.1) is 6.67 Å². The minimum Gasteiger partial charge on any atom is -0.286 e. The Balaban J connectivity index is 1.64. The average molecular weight is 285 g/mol. The number of hydrogen-bond donors (Lipinski definition) is 0. The van der Waals surface area contributed by atoms with E-state index in [9.17, 15) is 9.59 Å². The van der Waals surface area contributed by atoms with Crippen LogP contribution in [0.2, 0.25) is 0 Å². The van der Waals surface area contributed by atoms with E-state index in [0.29, 0.717) is 18.8 Å². The van der Waals surface area contributed by atoms with Crippen LogP contribution < -0.4 is 0 Å². The first-order valence-electron chi connectivity index (χ1n) is 7.44. The van der Waals surface area contributed by atoms with Crippen molar-refractivity contribution in [3.05, 3.63) is 35.9 Å². The Kier molecular flexibility index (Phi) is 4.10. The van der Waals surface area contributed by atoms with Gasteiger partial charge in [-0.15, -0.1) is 0 Å². The van der Waals surface area contributed by atoms with Crippen LogP contribution in [0.1, 0.15) is 24.8 Å². The molecule has 1 aromatic carbocycles. The van der Waals surface area contributed by atoms with E-state index in [1.54, 1.807) is 0 Å². The van der Waals surface area contributed by atoms with Crippen molar-refractivity contribution >= 4 is 17.6 Å². The van der Waals surface area contributed by atoms with Gasteiger partial charge in [-0.05, 0) is 31.5 Å². The Morgan fingerprint density at radius 1 is 1.00 bits per heavy atom. The van der Waals surface area contributed by atoms with Gasteiger partial charge in [0.15, 0.2) is 0 Å². The van der Waals surface area contributed by atoms with Crippen molar-refractivity contribution in [2.45, 2.75) is 25.7 Å². The molecule has 1 saturated heterocycles. The summed E-state index contributed by atoms with van der Waals surface area (Å²) in [5.41, 5.74) is 1.35. The van der Waals surface area contributed by atoms with Crippen molar-refractivity contribution in [3.8, 4) is 0 Å². The van der Waals surface area contributed by atoms with Crippen molar-refractivity contribution in [2.24, 2.45) is 4.99 Å². The lowest BCUT2D eigenvalue weighted by molar-refractivity contribution is -0.122. The van der Waals surface area contributed by atoms with Crippen molar-refractivity contribution < 1.29 is 9.59 Å². The number of imide groups is 1. The number of nitrogens with zero attached hydrogens (tertiary/aromatic N) is 3. The number of rotatable bonds is 4. The number of piperidine rings is 1. The summed E-state index contributed by atoms with van der Waals surface area (Å²) in [7, 11) is 0. The molecule has 110 valence electrons. The molecular formula is C16H19N3O2.